The van der Waals surface area contributed by atoms with Gasteiger partial charge in [0.2, 0.25) is 5.91 Å². The van der Waals surface area contributed by atoms with Crippen molar-refractivity contribution in [2.75, 3.05) is 18.1 Å². The van der Waals surface area contributed by atoms with Crippen molar-refractivity contribution in [3.63, 3.8) is 0 Å². The van der Waals surface area contributed by atoms with Gasteiger partial charge in [-0.05, 0) is 31.5 Å². The maximum Gasteiger partial charge on any atom is 0.326 e. The Hall–Kier alpha value is -2.35. The minimum atomic E-state index is -1.13. The molecule has 1 aliphatic rings. The van der Waals surface area contributed by atoms with Crippen molar-refractivity contribution < 1.29 is 24.2 Å². The molecular formula is C16H17BrN2O5. The summed E-state index contributed by atoms with van der Waals surface area (Å²) < 4.78 is 6.13. The van der Waals surface area contributed by atoms with Crippen molar-refractivity contribution in [2.45, 2.75) is 19.4 Å². The summed E-state index contributed by atoms with van der Waals surface area (Å²) in [6.45, 7) is 1.33. The van der Waals surface area contributed by atoms with E-state index in [1.54, 1.807) is 37.3 Å². The first kappa shape index (κ1) is 18.0. The normalized spacial score (nSPS) is 14.9. The summed E-state index contributed by atoms with van der Waals surface area (Å²) in [4.78, 5) is 36.7. The van der Waals surface area contributed by atoms with Crippen molar-refractivity contribution in [3.8, 4) is 5.75 Å². The topological polar surface area (TPSA) is 95.9 Å². The van der Waals surface area contributed by atoms with Crippen LogP contribution in [0.5, 0.6) is 5.75 Å². The van der Waals surface area contributed by atoms with Gasteiger partial charge in [-0.1, -0.05) is 28.1 Å². The van der Waals surface area contributed by atoms with Crippen molar-refractivity contribution in [1.29, 1.82) is 0 Å². The fourth-order valence-electron chi connectivity index (χ4n) is 2.23. The molecule has 0 fully saturated rings. The first-order valence-corrected chi connectivity index (χ1v) is 8.07. The van der Waals surface area contributed by atoms with E-state index < -0.39 is 17.9 Å². The van der Waals surface area contributed by atoms with E-state index in [1.807, 2.05) is 0 Å². The Morgan fingerprint density at radius 3 is 2.92 bits per heavy atom. The van der Waals surface area contributed by atoms with Gasteiger partial charge < -0.3 is 15.2 Å². The second-order valence-corrected chi connectivity index (χ2v) is 6.06. The average Bonchev–Trinajstić information content (AvgIpc) is 2.53. The average molecular weight is 397 g/mol. The first-order valence-electron chi connectivity index (χ1n) is 7.28. The molecule has 1 aromatic carbocycles. The van der Waals surface area contributed by atoms with E-state index in [-0.39, 0.29) is 25.5 Å². The number of carbonyl (C=O) groups is 3. The molecule has 0 bridgehead atoms. The Morgan fingerprint density at radius 2 is 2.25 bits per heavy atom. The number of hydrogen-bond acceptors (Lipinski definition) is 4. The van der Waals surface area contributed by atoms with Crippen molar-refractivity contribution in [3.05, 3.63) is 34.8 Å². The number of carboxylic acid groups (broad SMARTS) is 1. The second-order valence-electron chi connectivity index (χ2n) is 5.14. The summed E-state index contributed by atoms with van der Waals surface area (Å²) in [5.74, 6) is -1.55. The van der Waals surface area contributed by atoms with E-state index in [2.05, 4.69) is 21.2 Å². The van der Waals surface area contributed by atoms with E-state index >= 15 is 0 Å². The predicted octanol–water partition coefficient (Wildman–Crippen LogP) is 1.71. The number of hydrogen-bond donors (Lipinski definition) is 2. The minimum Gasteiger partial charge on any atom is -0.482 e. The van der Waals surface area contributed by atoms with E-state index in [0.29, 0.717) is 11.4 Å². The van der Waals surface area contributed by atoms with Crippen LogP contribution in [-0.4, -0.2) is 42.1 Å². The Kier molecular flexibility index (Phi) is 5.97. The molecule has 128 valence electrons. The van der Waals surface area contributed by atoms with Crippen LogP contribution in [0.3, 0.4) is 0 Å². The molecule has 1 atom stereocenters. The number of benzene rings is 1. The van der Waals surface area contributed by atoms with Gasteiger partial charge in [-0.25, -0.2) is 4.79 Å². The molecule has 2 amide bonds. The largest absolute Gasteiger partial charge is 0.482 e. The second kappa shape index (κ2) is 7.96. The van der Waals surface area contributed by atoms with Crippen LogP contribution < -0.4 is 15.0 Å². The summed E-state index contributed by atoms with van der Waals surface area (Å²) in [6, 6.07) is 4.07. The number of halogens is 1. The van der Waals surface area contributed by atoms with Gasteiger partial charge in [0.25, 0.3) is 5.91 Å². The van der Waals surface area contributed by atoms with Gasteiger partial charge >= 0.3 is 5.97 Å². The van der Waals surface area contributed by atoms with Crippen LogP contribution in [0.4, 0.5) is 5.69 Å². The maximum atomic E-state index is 12.2. The van der Waals surface area contributed by atoms with Crippen molar-refractivity contribution >= 4 is 39.4 Å². The molecule has 0 radical (unpaired) electrons. The van der Waals surface area contributed by atoms with Crippen molar-refractivity contribution in [1.82, 2.24) is 5.32 Å². The smallest absolute Gasteiger partial charge is 0.326 e. The highest BCUT2D eigenvalue weighted by atomic mass is 79.9. The van der Waals surface area contributed by atoms with Gasteiger partial charge in [0.1, 0.15) is 18.3 Å². The molecule has 1 aromatic rings. The number of aliphatic carboxylic acids is 1. The van der Waals surface area contributed by atoms with Gasteiger partial charge in [0, 0.05) is 4.47 Å². The molecule has 1 unspecified atom stereocenters. The lowest BCUT2D eigenvalue weighted by Gasteiger charge is -2.29. The molecule has 0 aromatic heterocycles. The van der Waals surface area contributed by atoms with Crippen LogP contribution in [-0.2, 0) is 14.4 Å². The van der Waals surface area contributed by atoms with Crippen LogP contribution in [0.1, 0.15) is 13.3 Å². The molecule has 24 heavy (non-hydrogen) atoms. The highest BCUT2D eigenvalue weighted by Crippen LogP contribution is 2.34. The lowest BCUT2D eigenvalue weighted by atomic mass is 10.2. The Bertz CT molecular complexity index is 689. The van der Waals surface area contributed by atoms with Gasteiger partial charge in [-0.3, -0.25) is 14.5 Å². The summed E-state index contributed by atoms with van der Waals surface area (Å²) in [5.41, 5.74) is 0.477. The third-order valence-corrected chi connectivity index (χ3v) is 3.90. The van der Waals surface area contributed by atoms with Crippen LogP contribution in [0, 0.1) is 0 Å². The zero-order valence-electron chi connectivity index (χ0n) is 13.0. The summed E-state index contributed by atoms with van der Waals surface area (Å²) in [7, 11) is 0. The number of nitrogens with one attached hydrogen (secondary N) is 1. The van der Waals surface area contributed by atoms with Gasteiger partial charge in [0.05, 0.1) is 5.69 Å². The molecule has 2 N–H and O–H groups in total. The van der Waals surface area contributed by atoms with Crippen LogP contribution in [0.2, 0.25) is 0 Å². The van der Waals surface area contributed by atoms with Crippen LogP contribution in [0.25, 0.3) is 0 Å². The van der Waals surface area contributed by atoms with Crippen LogP contribution in [0.15, 0.2) is 34.8 Å². The van der Waals surface area contributed by atoms with Crippen LogP contribution >= 0.6 is 15.9 Å². The number of carboxylic acids is 1. The molecular weight excluding hydrogens is 380 g/mol. The summed E-state index contributed by atoms with van der Waals surface area (Å²) in [6.07, 6.45) is 3.55. The molecule has 8 heteroatoms. The van der Waals surface area contributed by atoms with E-state index in [9.17, 15) is 14.4 Å². The fourth-order valence-corrected chi connectivity index (χ4v) is 2.57. The third-order valence-electron chi connectivity index (χ3n) is 3.41. The fraction of sp³-hybridized carbons (Fsp3) is 0.312. The standard InChI is InChI=1S/C16H17BrN2O5/c1-2-3-4-11(16(22)23)18-14(20)8-19-12-6-5-10(17)7-13(12)24-9-15(19)21/h2-3,5-7,11H,4,8-9H2,1H3,(H,18,20)(H,22,23)/b3-2+. The number of allylic oxidation sites excluding steroid dienone is 1. The molecule has 0 saturated heterocycles. The number of fused-ring (bicyclic) bond motifs is 1. The lowest BCUT2D eigenvalue weighted by molar-refractivity contribution is -0.141. The van der Waals surface area contributed by atoms with Gasteiger partial charge in [0.15, 0.2) is 6.61 Å². The zero-order valence-corrected chi connectivity index (χ0v) is 14.6. The number of amides is 2. The predicted molar refractivity (Wildman–Crippen MR) is 91.0 cm³/mol. The SMILES string of the molecule is C/C=C/CC(NC(=O)CN1C(=O)COc2cc(Br)ccc21)C(=O)O. The molecule has 0 aliphatic carbocycles. The number of nitrogens with zero attached hydrogens (tertiary/aromatic N) is 1. The first-order chi connectivity index (χ1) is 11.4. The molecule has 2 rings (SSSR count). The maximum absolute atomic E-state index is 12.2. The van der Waals surface area contributed by atoms with E-state index in [4.69, 9.17) is 9.84 Å². The minimum absolute atomic E-state index is 0.169. The number of rotatable bonds is 6. The number of carbonyl (C=O) groups excluding carboxylic acids is 2. The van der Waals surface area contributed by atoms with E-state index in [0.717, 1.165) is 4.47 Å². The lowest BCUT2D eigenvalue weighted by Crippen LogP contribution is -2.49. The molecule has 0 saturated carbocycles. The highest BCUT2D eigenvalue weighted by molar-refractivity contribution is 9.10. The molecule has 1 aliphatic heterocycles. The monoisotopic (exact) mass is 396 g/mol. The number of anilines is 1. The number of ether oxygens (including phenoxy) is 1. The van der Waals surface area contributed by atoms with Crippen molar-refractivity contribution in [2.24, 2.45) is 0 Å². The molecule has 1 heterocycles. The summed E-state index contributed by atoms with van der Waals surface area (Å²) >= 11 is 3.31. The van der Waals surface area contributed by atoms with Gasteiger partial charge in [-0.15, -0.1) is 0 Å². The van der Waals surface area contributed by atoms with Gasteiger partial charge in [-0.2, -0.15) is 0 Å². The third kappa shape index (κ3) is 4.35. The quantitative estimate of drug-likeness (QED) is 0.713. The Morgan fingerprint density at radius 1 is 1.50 bits per heavy atom. The molecule has 7 nitrogen and oxygen atoms in total. The Labute approximate surface area is 147 Å². The zero-order chi connectivity index (χ0) is 17.7. The Balaban J connectivity index is 2.11. The van der Waals surface area contributed by atoms with E-state index in [1.165, 1.54) is 4.90 Å². The highest BCUT2D eigenvalue weighted by Gasteiger charge is 2.28. The summed E-state index contributed by atoms with van der Waals surface area (Å²) in [5, 5.41) is 11.6. The molecule has 0 spiro atoms.